The third-order valence-corrected chi connectivity index (χ3v) is 9.77. The van der Waals surface area contributed by atoms with E-state index in [2.05, 4.69) is 117 Å². The van der Waals surface area contributed by atoms with Gasteiger partial charge in [-0.15, -0.1) is 0 Å². The van der Waals surface area contributed by atoms with Gasteiger partial charge >= 0.3 is 0 Å². The van der Waals surface area contributed by atoms with Crippen molar-refractivity contribution >= 4 is 71.2 Å². The Kier molecular flexibility index (Phi) is 5.64. The number of hydrogen-bond donors (Lipinski definition) is 0. The summed E-state index contributed by atoms with van der Waals surface area (Å²) in [6.07, 6.45) is 0. The number of nitriles is 1. The molecule has 0 N–H and O–H groups in total. The van der Waals surface area contributed by atoms with E-state index >= 15 is 0 Å². The van der Waals surface area contributed by atoms with E-state index < -0.39 is 0 Å². The Balaban J connectivity index is 1.32. The monoisotopic (exact) mass is 624 g/mol. The lowest BCUT2D eigenvalue weighted by atomic mass is 10.0. The molecule has 3 aromatic heterocycles. The summed E-state index contributed by atoms with van der Waals surface area (Å²) in [5.74, 6) is 0. The van der Waals surface area contributed by atoms with Gasteiger partial charge in [-0.25, -0.2) is 4.85 Å². The van der Waals surface area contributed by atoms with Crippen molar-refractivity contribution in [2.45, 2.75) is 0 Å². The summed E-state index contributed by atoms with van der Waals surface area (Å²) in [6, 6.07) is 52.0. The van der Waals surface area contributed by atoms with Gasteiger partial charge in [-0.1, -0.05) is 84.9 Å². The molecule has 10 aromatic rings. The van der Waals surface area contributed by atoms with Crippen molar-refractivity contribution in [3.05, 3.63) is 163 Å². The molecular formula is C44H24N4O. The van der Waals surface area contributed by atoms with Crippen molar-refractivity contribution in [2.75, 3.05) is 0 Å². The highest BCUT2D eigenvalue weighted by atomic mass is 16.3. The van der Waals surface area contributed by atoms with Crippen LogP contribution < -0.4 is 0 Å². The maximum atomic E-state index is 9.71. The van der Waals surface area contributed by atoms with Crippen molar-refractivity contribution < 1.29 is 4.42 Å². The van der Waals surface area contributed by atoms with Crippen LogP contribution in [-0.4, -0.2) is 9.13 Å². The topological polar surface area (TPSA) is 51.1 Å². The third-order valence-electron chi connectivity index (χ3n) is 9.77. The van der Waals surface area contributed by atoms with E-state index in [9.17, 15) is 5.26 Å². The molecule has 7 aromatic carbocycles. The molecule has 0 aliphatic carbocycles. The summed E-state index contributed by atoms with van der Waals surface area (Å²) < 4.78 is 11.3. The van der Waals surface area contributed by atoms with Crippen LogP contribution in [0.3, 0.4) is 0 Å². The number of hydrogen-bond acceptors (Lipinski definition) is 2. The molecule has 5 heteroatoms. The number of rotatable bonds is 3. The molecule has 3 heterocycles. The van der Waals surface area contributed by atoms with E-state index in [-0.39, 0.29) is 0 Å². The zero-order valence-corrected chi connectivity index (χ0v) is 26.1. The molecule has 0 amide bonds. The Bertz CT molecular complexity index is 3090. The molecule has 0 unspecified atom stereocenters. The zero-order chi connectivity index (χ0) is 32.6. The fourth-order valence-corrected chi connectivity index (χ4v) is 7.68. The fourth-order valence-electron chi connectivity index (χ4n) is 7.68. The van der Waals surface area contributed by atoms with Crippen LogP contribution in [0.5, 0.6) is 0 Å². The molecule has 10 rings (SSSR count). The standard InChI is InChI=1S/C44H24N4O/c1-46-28-19-23-41-36(25-28)33-20-21-34-32-13-5-9-17-42(32)49-44(34)43(33)48(41)39-16-8-3-11-30(39)29-10-2-6-14-37(29)47-38-15-7-4-12-31(38)35-24-27(26-45)18-22-40(35)47/h2-25H. The van der Waals surface area contributed by atoms with Gasteiger partial charge in [-0.05, 0) is 66.0 Å². The van der Waals surface area contributed by atoms with Gasteiger partial charge < -0.3 is 13.6 Å². The Morgan fingerprint density at radius 1 is 0.531 bits per heavy atom. The fraction of sp³-hybridized carbons (Fsp3) is 0. The van der Waals surface area contributed by atoms with Gasteiger partial charge in [0, 0.05) is 38.1 Å². The van der Waals surface area contributed by atoms with Gasteiger partial charge in [0.2, 0.25) is 0 Å². The van der Waals surface area contributed by atoms with Crippen molar-refractivity contribution in [1.29, 1.82) is 5.26 Å². The van der Waals surface area contributed by atoms with Crippen LogP contribution >= 0.6 is 0 Å². The highest BCUT2D eigenvalue weighted by Gasteiger charge is 2.23. The molecule has 0 radical (unpaired) electrons. The van der Waals surface area contributed by atoms with Gasteiger partial charge in [0.1, 0.15) is 5.58 Å². The van der Waals surface area contributed by atoms with Crippen LogP contribution in [0.15, 0.2) is 150 Å². The van der Waals surface area contributed by atoms with Crippen LogP contribution in [0.1, 0.15) is 5.56 Å². The number of nitrogens with zero attached hydrogens (tertiary/aromatic N) is 4. The summed E-state index contributed by atoms with van der Waals surface area (Å²) in [6.45, 7) is 7.76. The van der Waals surface area contributed by atoms with E-state index in [0.717, 1.165) is 88.1 Å². The second-order valence-corrected chi connectivity index (χ2v) is 12.3. The van der Waals surface area contributed by atoms with Crippen LogP contribution in [0.4, 0.5) is 5.69 Å². The second-order valence-electron chi connectivity index (χ2n) is 12.3. The van der Waals surface area contributed by atoms with E-state index in [0.29, 0.717) is 11.3 Å². The van der Waals surface area contributed by atoms with E-state index in [4.69, 9.17) is 11.0 Å². The Morgan fingerprint density at radius 2 is 1.14 bits per heavy atom. The lowest BCUT2D eigenvalue weighted by Crippen LogP contribution is -2.01. The van der Waals surface area contributed by atoms with Gasteiger partial charge in [-0.2, -0.15) is 5.26 Å². The molecule has 226 valence electrons. The molecule has 0 aliphatic heterocycles. The van der Waals surface area contributed by atoms with Crippen LogP contribution in [0.25, 0.3) is 92.9 Å². The molecule has 0 bridgehead atoms. The number of aromatic nitrogens is 2. The SMILES string of the molecule is [C-]#[N+]c1ccc2c(c1)c1ccc3c4ccccc4oc3c1n2-c1ccccc1-c1ccccc1-n1c2ccccc2c2cc(C#N)ccc21. The molecular weight excluding hydrogens is 601 g/mol. The minimum Gasteiger partial charge on any atom is -0.454 e. The number of fused-ring (bicyclic) bond motifs is 10. The minimum atomic E-state index is 0.598. The predicted molar refractivity (Wildman–Crippen MR) is 199 cm³/mol. The first-order chi connectivity index (χ1) is 24.2. The van der Waals surface area contributed by atoms with Gasteiger partial charge in [0.25, 0.3) is 0 Å². The van der Waals surface area contributed by atoms with Gasteiger partial charge in [0.05, 0.1) is 51.6 Å². The summed E-state index contributed by atoms with van der Waals surface area (Å²) in [4.78, 5) is 3.77. The largest absolute Gasteiger partial charge is 0.454 e. The Hall–Kier alpha value is -7.08. The van der Waals surface area contributed by atoms with Gasteiger partial charge in [0.15, 0.2) is 11.3 Å². The molecule has 0 fully saturated rings. The first-order valence-electron chi connectivity index (χ1n) is 16.1. The number of furan rings is 1. The molecule has 0 saturated carbocycles. The Labute approximate surface area is 280 Å². The number of benzene rings is 7. The average Bonchev–Trinajstić information content (AvgIpc) is 3.82. The summed E-state index contributed by atoms with van der Waals surface area (Å²) in [5, 5.41) is 16.0. The lowest BCUT2D eigenvalue weighted by molar-refractivity contribution is 0.671. The van der Waals surface area contributed by atoms with Gasteiger partial charge in [-0.3, -0.25) is 0 Å². The average molecular weight is 625 g/mol. The maximum Gasteiger partial charge on any atom is 0.188 e. The second kappa shape index (κ2) is 10.2. The van der Waals surface area contributed by atoms with E-state index in [1.807, 2.05) is 48.5 Å². The van der Waals surface area contributed by atoms with Crippen molar-refractivity contribution in [2.24, 2.45) is 0 Å². The Morgan fingerprint density at radius 3 is 1.94 bits per heavy atom. The number of para-hydroxylation sites is 4. The summed E-state index contributed by atoms with van der Waals surface area (Å²) in [7, 11) is 0. The van der Waals surface area contributed by atoms with Crippen molar-refractivity contribution in [1.82, 2.24) is 9.13 Å². The quantitative estimate of drug-likeness (QED) is 0.184. The normalized spacial score (nSPS) is 11.6. The van der Waals surface area contributed by atoms with Crippen LogP contribution in [0, 0.1) is 17.9 Å². The smallest absolute Gasteiger partial charge is 0.188 e. The zero-order valence-electron chi connectivity index (χ0n) is 26.1. The first kappa shape index (κ1) is 27.1. The lowest BCUT2D eigenvalue weighted by Gasteiger charge is -2.18. The maximum absolute atomic E-state index is 9.71. The molecule has 0 aliphatic rings. The predicted octanol–water partition coefficient (Wildman–Crippen LogP) is 11.9. The van der Waals surface area contributed by atoms with Crippen molar-refractivity contribution in [3.63, 3.8) is 0 Å². The summed E-state index contributed by atoms with van der Waals surface area (Å²) in [5.41, 5.74) is 11.1. The highest BCUT2D eigenvalue weighted by molar-refractivity contribution is 6.22. The van der Waals surface area contributed by atoms with Crippen LogP contribution in [-0.2, 0) is 0 Å². The molecule has 5 nitrogen and oxygen atoms in total. The molecule has 0 atom stereocenters. The van der Waals surface area contributed by atoms with Crippen molar-refractivity contribution in [3.8, 4) is 28.6 Å². The van der Waals surface area contributed by atoms with Crippen LogP contribution in [0.2, 0.25) is 0 Å². The highest BCUT2D eigenvalue weighted by Crippen LogP contribution is 2.44. The van der Waals surface area contributed by atoms with E-state index in [1.165, 1.54) is 0 Å². The first-order valence-corrected chi connectivity index (χ1v) is 16.1. The molecule has 0 saturated heterocycles. The summed E-state index contributed by atoms with van der Waals surface area (Å²) >= 11 is 0. The molecule has 0 spiro atoms. The third kappa shape index (κ3) is 3.79. The van der Waals surface area contributed by atoms with E-state index in [1.54, 1.807) is 0 Å². The minimum absolute atomic E-state index is 0.598. The molecule has 49 heavy (non-hydrogen) atoms.